The number of anilines is 1. The lowest BCUT2D eigenvalue weighted by atomic mass is 9.97. The molecule has 1 aliphatic rings. The topological polar surface area (TPSA) is 105 Å². The van der Waals surface area contributed by atoms with E-state index in [4.69, 9.17) is 5.73 Å². The summed E-state index contributed by atoms with van der Waals surface area (Å²) in [7, 11) is 0. The number of hydrogen-bond acceptors (Lipinski definition) is 3. The molecule has 7 heteroatoms. The predicted molar refractivity (Wildman–Crippen MR) is 96.2 cm³/mol. The van der Waals surface area contributed by atoms with Gasteiger partial charge in [0.2, 0.25) is 11.8 Å². The van der Waals surface area contributed by atoms with Crippen LogP contribution < -0.4 is 16.4 Å². The maximum atomic E-state index is 12.2. The summed E-state index contributed by atoms with van der Waals surface area (Å²) in [6, 6.07) is 3.49. The van der Waals surface area contributed by atoms with Crippen molar-refractivity contribution >= 4 is 23.5 Å². The number of amides is 4. The van der Waals surface area contributed by atoms with Gasteiger partial charge in [-0.25, -0.2) is 4.79 Å². The standard InChI is InChI=1S/C18H26N4O3/c1-11-7-12(2)16(13(3)8-11)21-15(23)9-20-17(24)14-5-4-6-22(10-14)18(19)25/h7-8,14H,4-6,9-10H2,1-3H3,(H2,19,25)(H,20,24)(H,21,23). The van der Waals surface area contributed by atoms with Crippen LogP contribution in [0.15, 0.2) is 12.1 Å². The number of primary amides is 1. The Balaban J connectivity index is 1.87. The molecule has 0 spiro atoms. The Morgan fingerprint density at radius 2 is 1.84 bits per heavy atom. The van der Waals surface area contributed by atoms with Crippen LogP contribution in [0.1, 0.15) is 29.5 Å². The van der Waals surface area contributed by atoms with Gasteiger partial charge < -0.3 is 21.3 Å². The van der Waals surface area contributed by atoms with E-state index in [1.165, 1.54) is 4.90 Å². The molecular formula is C18H26N4O3. The maximum Gasteiger partial charge on any atom is 0.314 e. The minimum Gasteiger partial charge on any atom is -0.351 e. The third-order valence-corrected chi connectivity index (χ3v) is 4.47. The van der Waals surface area contributed by atoms with Gasteiger partial charge in [0.15, 0.2) is 0 Å². The lowest BCUT2D eigenvalue weighted by molar-refractivity contribution is -0.128. The average Bonchev–Trinajstić information content (AvgIpc) is 2.56. The van der Waals surface area contributed by atoms with E-state index in [9.17, 15) is 14.4 Å². The number of nitrogens with two attached hydrogens (primary N) is 1. The second kappa shape index (κ2) is 8.00. The van der Waals surface area contributed by atoms with Gasteiger partial charge in [-0.3, -0.25) is 9.59 Å². The summed E-state index contributed by atoms with van der Waals surface area (Å²) >= 11 is 0. The highest BCUT2D eigenvalue weighted by Crippen LogP contribution is 2.21. The number of aryl methyl sites for hydroxylation is 3. The number of rotatable bonds is 4. The van der Waals surface area contributed by atoms with Crippen molar-refractivity contribution in [2.75, 3.05) is 25.0 Å². The van der Waals surface area contributed by atoms with Crippen molar-refractivity contribution < 1.29 is 14.4 Å². The Kier molecular flexibility index (Phi) is 6.01. The molecule has 0 saturated carbocycles. The zero-order valence-electron chi connectivity index (χ0n) is 15.0. The van der Waals surface area contributed by atoms with Crippen LogP contribution in [-0.2, 0) is 9.59 Å². The van der Waals surface area contributed by atoms with E-state index in [1.807, 2.05) is 32.9 Å². The minimum atomic E-state index is -0.513. The Labute approximate surface area is 147 Å². The monoisotopic (exact) mass is 346 g/mol. The lowest BCUT2D eigenvalue weighted by Gasteiger charge is -2.30. The van der Waals surface area contributed by atoms with Crippen LogP contribution in [0, 0.1) is 26.7 Å². The maximum absolute atomic E-state index is 12.2. The Bertz CT molecular complexity index is 664. The zero-order chi connectivity index (χ0) is 18.6. The van der Waals surface area contributed by atoms with Gasteiger partial charge in [-0.15, -0.1) is 0 Å². The van der Waals surface area contributed by atoms with Crippen LogP contribution >= 0.6 is 0 Å². The summed E-state index contributed by atoms with van der Waals surface area (Å²) in [5, 5.41) is 5.51. The summed E-state index contributed by atoms with van der Waals surface area (Å²) in [5.74, 6) is -0.818. The van der Waals surface area contributed by atoms with Gasteiger partial charge in [0.1, 0.15) is 0 Å². The molecule has 4 amide bonds. The van der Waals surface area contributed by atoms with Crippen LogP contribution in [0.25, 0.3) is 0 Å². The molecule has 0 aromatic heterocycles. The summed E-state index contributed by atoms with van der Waals surface area (Å²) in [4.78, 5) is 37.1. The fourth-order valence-electron chi connectivity index (χ4n) is 3.26. The highest BCUT2D eigenvalue weighted by molar-refractivity contribution is 5.96. The average molecular weight is 346 g/mol. The van der Waals surface area contributed by atoms with Crippen molar-refractivity contribution in [2.24, 2.45) is 11.7 Å². The van der Waals surface area contributed by atoms with Gasteiger partial charge in [0.25, 0.3) is 0 Å². The van der Waals surface area contributed by atoms with Crippen molar-refractivity contribution in [1.82, 2.24) is 10.2 Å². The summed E-state index contributed by atoms with van der Waals surface area (Å²) in [6.07, 6.45) is 1.42. The normalized spacial score (nSPS) is 17.1. The molecule has 1 atom stereocenters. The number of benzene rings is 1. The van der Waals surface area contributed by atoms with E-state index in [2.05, 4.69) is 10.6 Å². The number of carbonyl (C=O) groups excluding carboxylic acids is 3. The molecular weight excluding hydrogens is 320 g/mol. The largest absolute Gasteiger partial charge is 0.351 e. The number of likely N-dealkylation sites (tertiary alicyclic amines) is 1. The van der Waals surface area contributed by atoms with E-state index in [1.54, 1.807) is 0 Å². The smallest absolute Gasteiger partial charge is 0.314 e. The molecule has 2 rings (SSSR count). The predicted octanol–water partition coefficient (Wildman–Crippen LogP) is 1.46. The Hall–Kier alpha value is -2.57. The first-order valence-electron chi connectivity index (χ1n) is 8.47. The van der Waals surface area contributed by atoms with E-state index in [0.29, 0.717) is 19.5 Å². The first-order chi connectivity index (χ1) is 11.8. The van der Waals surface area contributed by atoms with Crippen molar-refractivity contribution in [3.05, 3.63) is 28.8 Å². The zero-order valence-corrected chi connectivity index (χ0v) is 15.0. The molecule has 1 fully saturated rings. The molecule has 25 heavy (non-hydrogen) atoms. The molecule has 4 N–H and O–H groups in total. The van der Waals surface area contributed by atoms with Gasteiger partial charge >= 0.3 is 6.03 Å². The molecule has 0 radical (unpaired) electrons. The Morgan fingerprint density at radius 3 is 2.44 bits per heavy atom. The molecule has 1 aromatic carbocycles. The molecule has 7 nitrogen and oxygen atoms in total. The summed E-state index contributed by atoms with van der Waals surface area (Å²) in [6.45, 7) is 6.66. The second-order valence-corrected chi connectivity index (χ2v) is 6.66. The number of carbonyl (C=O) groups is 3. The Morgan fingerprint density at radius 1 is 1.20 bits per heavy atom. The molecule has 136 valence electrons. The first kappa shape index (κ1) is 18.8. The van der Waals surface area contributed by atoms with Crippen LogP contribution in [0.5, 0.6) is 0 Å². The molecule has 1 aliphatic heterocycles. The van der Waals surface area contributed by atoms with Gasteiger partial charge in [-0.2, -0.15) is 0 Å². The minimum absolute atomic E-state index is 0.0986. The number of nitrogens with one attached hydrogen (secondary N) is 2. The van der Waals surface area contributed by atoms with Crippen LogP contribution in [-0.4, -0.2) is 42.4 Å². The molecule has 1 heterocycles. The molecule has 0 bridgehead atoms. The van der Waals surface area contributed by atoms with E-state index >= 15 is 0 Å². The SMILES string of the molecule is Cc1cc(C)c(NC(=O)CNC(=O)C2CCCN(C(N)=O)C2)c(C)c1. The van der Waals surface area contributed by atoms with Gasteiger partial charge in [-0.05, 0) is 44.7 Å². The molecule has 1 aromatic rings. The van der Waals surface area contributed by atoms with Crippen LogP contribution in [0.2, 0.25) is 0 Å². The number of nitrogens with zero attached hydrogens (tertiary/aromatic N) is 1. The quantitative estimate of drug-likeness (QED) is 0.768. The van der Waals surface area contributed by atoms with Gasteiger partial charge in [-0.1, -0.05) is 17.7 Å². The second-order valence-electron chi connectivity index (χ2n) is 6.66. The highest BCUT2D eigenvalue weighted by atomic mass is 16.2. The lowest BCUT2D eigenvalue weighted by Crippen LogP contribution is -2.48. The van der Waals surface area contributed by atoms with Crippen molar-refractivity contribution in [2.45, 2.75) is 33.6 Å². The third-order valence-electron chi connectivity index (χ3n) is 4.47. The van der Waals surface area contributed by atoms with Gasteiger partial charge in [0.05, 0.1) is 12.5 Å². The number of piperidine rings is 1. The van der Waals surface area contributed by atoms with Crippen molar-refractivity contribution in [3.8, 4) is 0 Å². The van der Waals surface area contributed by atoms with Crippen LogP contribution in [0.4, 0.5) is 10.5 Å². The number of urea groups is 1. The molecule has 0 aliphatic carbocycles. The third kappa shape index (κ3) is 4.95. The molecule has 1 unspecified atom stereocenters. The fourth-order valence-corrected chi connectivity index (χ4v) is 3.26. The van der Waals surface area contributed by atoms with E-state index in [0.717, 1.165) is 28.8 Å². The van der Waals surface area contributed by atoms with Gasteiger partial charge in [0, 0.05) is 18.8 Å². The van der Waals surface area contributed by atoms with E-state index in [-0.39, 0.29) is 24.3 Å². The first-order valence-corrected chi connectivity index (χ1v) is 8.47. The van der Waals surface area contributed by atoms with Crippen molar-refractivity contribution in [3.63, 3.8) is 0 Å². The highest BCUT2D eigenvalue weighted by Gasteiger charge is 2.27. The number of hydrogen-bond donors (Lipinski definition) is 3. The fraction of sp³-hybridized carbons (Fsp3) is 0.500. The van der Waals surface area contributed by atoms with Crippen LogP contribution in [0.3, 0.4) is 0 Å². The molecule has 1 saturated heterocycles. The van der Waals surface area contributed by atoms with E-state index < -0.39 is 6.03 Å². The van der Waals surface area contributed by atoms with Crippen molar-refractivity contribution in [1.29, 1.82) is 0 Å². The summed E-state index contributed by atoms with van der Waals surface area (Å²) in [5.41, 5.74) is 9.16. The summed E-state index contributed by atoms with van der Waals surface area (Å²) < 4.78 is 0.